The number of rotatable bonds is 4. The van der Waals surface area contributed by atoms with Gasteiger partial charge in [0.1, 0.15) is 5.69 Å². The fraction of sp³-hybridized carbons (Fsp3) is 0.200. The maximum Gasteiger partial charge on any atom is 0.272 e. The maximum atomic E-state index is 12.3. The van der Waals surface area contributed by atoms with Crippen LogP contribution in [-0.2, 0) is 0 Å². The number of hydrogen-bond acceptors (Lipinski definition) is 3. The van der Waals surface area contributed by atoms with Gasteiger partial charge in [-0.15, -0.1) is 0 Å². The molecule has 2 amide bonds. The third-order valence-corrected chi connectivity index (χ3v) is 3.06. The minimum absolute atomic E-state index is 0.111. The monoisotopic (exact) mass is 286 g/mol. The van der Waals surface area contributed by atoms with E-state index in [1.165, 1.54) is 6.07 Å². The van der Waals surface area contributed by atoms with Crippen LogP contribution in [0.5, 0.6) is 0 Å². The Labute approximate surface area is 122 Å². The van der Waals surface area contributed by atoms with E-state index in [0.717, 1.165) is 0 Å². The zero-order chi connectivity index (χ0) is 15.6. The quantitative estimate of drug-likeness (QED) is 0.800. The van der Waals surface area contributed by atoms with Gasteiger partial charge in [-0.1, -0.05) is 6.07 Å². The lowest BCUT2D eigenvalue weighted by molar-refractivity contribution is 0.0994. The average Bonchev–Trinajstić information content (AvgIpc) is 2.81. The van der Waals surface area contributed by atoms with E-state index in [1.54, 1.807) is 35.0 Å². The number of benzene rings is 1. The normalized spacial score (nSPS) is 10.6. The summed E-state index contributed by atoms with van der Waals surface area (Å²) in [4.78, 5) is 23.5. The Balaban J connectivity index is 2.26. The van der Waals surface area contributed by atoms with Crippen molar-refractivity contribution < 1.29 is 9.59 Å². The van der Waals surface area contributed by atoms with Crippen LogP contribution in [0.2, 0.25) is 0 Å². The molecule has 0 unspecified atom stereocenters. The summed E-state index contributed by atoms with van der Waals surface area (Å²) in [6.45, 7) is 3.92. The number of hydrogen-bond donors (Lipinski definition) is 3. The lowest BCUT2D eigenvalue weighted by Crippen LogP contribution is -2.18. The number of anilines is 2. The predicted molar refractivity (Wildman–Crippen MR) is 82.1 cm³/mol. The molecule has 0 saturated heterocycles. The van der Waals surface area contributed by atoms with E-state index in [9.17, 15) is 9.59 Å². The highest BCUT2D eigenvalue weighted by atomic mass is 16.2. The molecule has 5 N–H and O–H groups in total. The first kappa shape index (κ1) is 14.6. The molecule has 0 saturated carbocycles. The van der Waals surface area contributed by atoms with E-state index in [0.29, 0.717) is 22.6 Å². The summed E-state index contributed by atoms with van der Waals surface area (Å²) in [5.74, 6) is -0.831. The van der Waals surface area contributed by atoms with Crippen molar-refractivity contribution in [3.05, 3.63) is 47.8 Å². The van der Waals surface area contributed by atoms with Crippen LogP contribution in [-0.4, -0.2) is 16.4 Å². The molecule has 1 aromatic heterocycles. The van der Waals surface area contributed by atoms with Gasteiger partial charge < -0.3 is 21.4 Å². The second-order valence-electron chi connectivity index (χ2n) is 5.06. The molecular weight excluding hydrogens is 268 g/mol. The van der Waals surface area contributed by atoms with Crippen molar-refractivity contribution in [3.8, 4) is 0 Å². The van der Waals surface area contributed by atoms with Gasteiger partial charge in [0.2, 0.25) is 5.91 Å². The van der Waals surface area contributed by atoms with Gasteiger partial charge in [0.15, 0.2) is 0 Å². The number of carbonyl (C=O) groups is 2. The van der Waals surface area contributed by atoms with Gasteiger partial charge in [0, 0.05) is 23.5 Å². The Morgan fingerprint density at radius 2 is 1.95 bits per heavy atom. The van der Waals surface area contributed by atoms with Crippen LogP contribution in [0.1, 0.15) is 40.7 Å². The first-order valence-electron chi connectivity index (χ1n) is 6.57. The molecule has 0 bridgehead atoms. The third-order valence-electron chi connectivity index (χ3n) is 3.06. The lowest BCUT2D eigenvalue weighted by Gasteiger charge is -2.12. The van der Waals surface area contributed by atoms with Gasteiger partial charge in [-0.3, -0.25) is 9.59 Å². The van der Waals surface area contributed by atoms with E-state index in [4.69, 9.17) is 11.5 Å². The van der Waals surface area contributed by atoms with Crippen LogP contribution in [0.15, 0.2) is 36.5 Å². The molecule has 0 radical (unpaired) electrons. The molecule has 0 atom stereocenters. The first-order valence-corrected chi connectivity index (χ1v) is 6.57. The molecule has 21 heavy (non-hydrogen) atoms. The number of primary amides is 1. The van der Waals surface area contributed by atoms with E-state index in [2.05, 4.69) is 5.32 Å². The molecule has 110 valence electrons. The second-order valence-corrected chi connectivity index (χ2v) is 5.06. The predicted octanol–water partition coefficient (Wildman–Crippen LogP) is 2.00. The molecule has 0 fully saturated rings. The summed E-state index contributed by atoms with van der Waals surface area (Å²) in [6.07, 6.45) is 1.72. The number of nitrogen functional groups attached to an aromatic ring is 1. The largest absolute Gasteiger partial charge is 0.397 e. The SMILES string of the molecule is CC(C)n1cc(N)cc1C(=O)Nc1cccc(C(N)=O)c1. The number of amides is 2. The summed E-state index contributed by atoms with van der Waals surface area (Å²) in [7, 11) is 0. The van der Waals surface area contributed by atoms with Crippen LogP contribution in [0.25, 0.3) is 0 Å². The number of aromatic nitrogens is 1. The summed E-state index contributed by atoms with van der Waals surface area (Å²) in [5.41, 5.74) is 12.8. The molecule has 2 aromatic rings. The van der Waals surface area contributed by atoms with Crippen molar-refractivity contribution in [3.63, 3.8) is 0 Å². The van der Waals surface area contributed by atoms with Crippen LogP contribution < -0.4 is 16.8 Å². The summed E-state index contributed by atoms with van der Waals surface area (Å²) < 4.78 is 1.79. The molecular formula is C15H18N4O2. The number of carbonyl (C=O) groups excluding carboxylic acids is 2. The van der Waals surface area contributed by atoms with Crippen molar-refractivity contribution in [1.29, 1.82) is 0 Å². The Hall–Kier alpha value is -2.76. The topological polar surface area (TPSA) is 103 Å². The number of nitrogens with two attached hydrogens (primary N) is 2. The van der Waals surface area contributed by atoms with Crippen LogP contribution >= 0.6 is 0 Å². The van der Waals surface area contributed by atoms with Crippen molar-refractivity contribution in [2.24, 2.45) is 5.73 Å². The fourth-order valence-corrected chi connectivity index (χ4v) is 2.06. The Morgan fingerprint density at radius 3 is 2.57 bits per heavy atom. The Morgan fingerprint density at radius 1 is 1.24 bits per heavy atom. The molecule has 6 nitrogen and oxygen atoms in total. The highest BCUT2D eigenvalue weighted by Gasteiger charge is 2.15. The average molecular weight is 286 g/mol. The van der Waals surface area contributed by atoms with Crippen LogP contribution in [0.3, 0.4) is 0 Å². The van der Waals surface area contributed by atoms with Crippen molar-refractivity contribution >= 4 is 23.2 Å². The van der Waals surface area contributed by atoms with E-state index < -0.39 is 5.91 Å². The van der Waals surface area contributed by atoms with Crippen molar-refractivity contribution in [1.82, 2.24) is 4.57 Å². The van der Waals surface area contributed by atoms with Crippen LogP contribution in [0, 0.1) is 0 Å². The molecule has 1 heterocycles. The van der Waals surface area contributed by atoms with Gasteiger partial charge in [0.05, 0.1) is 5.69 Å². The first-order chi connectivity index (χ1) is 9.88. The van der Waals surface area contributed by atoms with Gasteiger partial charge >= 0.3 is 0 Å². The minimum atomic E-state index is -0.541. The molecule has 2 rings (SSSR count). The van der Waals surface area contributed by atoms with Gasteiger partial charge in [-0.05, 0) is 38.1 Å². The number of nitrogens with zero attached hydrogens (tertiary/aromatic N) is 1. The summed E-state index contributed by atoms with van der Waals surface area (Å²) >= 11 is 0. The van der Waals surface area contributed by atoms with Gasteiger partial charge in [0.25, 0.3) is 5.91 Å². The van der Waals surface area contributed by atoms with Crippen LogP contribution in [0.4, 0.5) is 11.4 Å². The summed E-state index contributed by atoms with van der Waals surface area (Å²) in [6, 6.07) is 8.20. The van der Waals surface area contributed by atoms with Crippen molar-refractivity contribution in [2.45, 2.75) is 19.9 Å². The Bertz CT molecular complexity index is 689. The zero-order valence-electron chi connectivity index (χ0n) is 12.0. The Kier molecular flexibility index (Phi) is 3.98. The van der Waals surface area contributed by atoms with E-state index in [1.807, 2.05) is 13.8 Å². The molecule has 0 spiro atoms. The standard InChI is InChI=1S/C15H18N4O2/c1-9(2)19-8-11(16)7-13(19)15(21)18-12-5-3-4-10(6-12)14(17)20/h3-9H,16H2,1-2H3,(H2,17,20)(H,18,21). The highest BCUT2D eigenvalue weighted by Crippen LogP contribution is 2.18. The number of nitrogens with one attached hydrogen (secondary N) is 1. The zero-order valence-corrected chi connectivity index (χ0v) is 12.0. The highest BCUT2D eigenvalue weighted by molar-refractivity contribution is 6.04. The molecule has 0 aliphatic rings. The molecule has 0 aliphatic carbocycles. The molecule has 0 aliphatic heterocycles. The lowest BCUT2D eigenvalue weighted by atomic mass is 10.2. The van der Waals surface area contributed by atoms with E-state index in [-0.39, 0.29) is 11.9 Å². The smallest absolute Gasteiger partial charge is 0.272 e. The van der Waals surface area contributed by atoms with E-state index >= 15 is 0 Å². The van der Waals surface area contributed by atoms with Gasteiger partial charge in [-0.2, -0.15) is 0 Å². The molecule has 1 aromatic carbocycles. The maximum absolute atomic E-state index is 12.3. The fourth-order valence-electron chi connectivity index (χ4n) is 2.06. The third kappa shape index (κ3) is 3.22. The van der Waals surface area contributed by atoms with Gasteiger partial charge in [-0.25, -0.2) is 0 Å². The molecule has 6 heteroatoms. The summed E-state index contributed by atoms with van der Waals surface area (Å²) in [5, 5.41) is 2.74. The minimum Gasteiger partial charge on any atom is -0.397 e. The van der Waals surface area contributed by atoms with Crippen molar-refractivity contribution in [2.75, 3.05) is 11.1 Å². The second kappa shape index (κ2) is 5.70.